The lowest BCUT2D eigenvalue weighted by molar-refractivity contribution is 0.0228. The number of likely N-dealkylation sites (N-methyl/N-ethyl adjacent to an activating group) is 1. The SMILES string of the molecule is CNC1C(OCC2CC2)CCC1(C)C. The van der Waals surface area contributed by atoms with Crippen LogP contribution in [-0.4, -0.2) is 25.8 Å². The molecule has 2 rings (SSSR count). The second kappa shape index (κ2) is 3.82. The predicted molar refractivity (Wildman–Crippen MR) is 58.3 cm³/mol. The molecule has 2 atom stereocenters. The summed E-state index contributed by atoms with van der Waals surface area (Å²) in [6, 6.07) is 0.543. The van der Waals surface area contributed by atoms with Crippen molar-refractivity contribution in [2.24, 2.45) is 11.3 Å². The summed E-state index contributed by atoms with van der Waals surface area (Å²) in [7, 11) is 2.06. The lowest BCUT2D eigenvalue weighted by atomic mass is 9.87. The van der Waals surface area contributed by atoms with Gasteiger partial charge in [0.05, 0.1) is 6.10 Å². The molecule has 82 valence electrons. The minimum absolute atomic E-state index is 0.406. The van der Waals surface area contributed by atoms with Crippen LogP contribution in [0.5, 0.6) is 0 Å². The third-order valence-corrected chi connectivity index (χ3v) is 3.84. The predicted octanol–water partition coefficient (Wildman–Crippen LogP) is 2.19. The summed E-state index contributed by atoms with van der Waals surface area (Å²) in [5.41, 5.74) is 0.406. The molecule has 1 N–H and O–H groups in total. The van der Waals surface area contributed by atoms with Crippen molar-refractivity contribution in [3.63, 3.8) is 0 Å². The maximum Gasteiger partial charge on any atom is 0.0733 e. The number of ether oxygens (including phenoxy) is 1. The van der Waals surface area contributed by atoms with Crippen LogP contribution in [0.3, 0.4) is 0 Å². The molecule has 2 unspecified atom stereocenters. The Labute approximate surface area is 87.4 Å². The van der Waals surface area contributed by atoms with Gasteiger partial charge in [0, 0.05) is 12.6 Å². The highest BCUT2D eigenvalue weighted by Crippen LogP contribution is 2.40. The zero-order valence-corrected chi connectivity index (χ0v) is 9.68. The third-order valence-electron chi connectivity index (χ3n) is 3.84. The maximum absolute atomic E-state index is 6.00. The molecule has 0 saturated heterocycles. The van der Waals surface area contributed by atoms with E-state index in [-0.39, 0.29) is 0 Å². The molecule has 0 heterocycles. The smallest absolute Gasteiger partial charge is 0.0733 e. The lowest BCUT2D eigenvalue weighted by Crippen LogP contribution is -2.43. The second-order valence-corrected chi connectivity index (χ2v) is 5.61. The molecule has 0 aromatic rings. The summed E-state index contributed by atoms with van der Waals surface area (Å²) in [6.45, 7) is 5.68. The summed E-state index contributed by atoms with van der Waals surface area (Å²) in [5, 5.41) is 3.42. The standard InChI is InChI=1S/C12H23NO/c1-12(2)7-6-10(11(12)13-3)14-8-9-4-5-9/h9-11,13H,4-8H2,1-3H3. The number of nitrogens with one attached hydrogen (secondary N) is 1. The molecule has 0 aliphatic heterocycles. The van der Waals surface area contributed by atoms with Gasteiger partial charge in [0.15, 0.2) is 0 Å². The molecular weight excluding hydrogens is 174 g/mol. The fraction of sp³-hybridized carbons (Fsp3) is 1.00. The van der Waals surface area contributed by atoms with Crippen LogP contribution in [0, 0.1) is 11.3 Å². The first kappa shape index (κ1) is 10.4. The van der Waals surface area contributed by atoms with Crippen LogP contribution in [0.1, 0.15) is 39.5 Å². The van der Waals surface area contributed by atoms with Gasteiger partial charge in [0.1, 0.15) is 0 Å². The van der Waals surface area contributed by atoms with E-state index in [0.717, 1.165) is 12.5 Å². The molecule has 2 aliphatic rings. The van der Waals surface area contributed by atoms with Crippen molar-refractivity contribution < 1.29 is 4.74 Å². The highest BCUT2D eigenvalue weighted by atomic mass is 16.5. The van der Waals surface area contributed by atoms with Crippen LogP contribution in [0.15, 0.2) is 0 Å². The first-order chi connectivity index (χ1) is 6.63. The number of hydrogen-bond acceptors (Lipinski definition) is 2. The van der Waals surface area contributed by atoms with Crippen LogP contribution in [0.25, 0.3) is 0 Å². The maximum atomic E-state index is 6.00. The van der Waals surface area contributed by atoms with E-state index in [1.165, 1.54) is 25.7 Å². The van der Waals surface area contributed by atoms with Gasteiger partial charge in [-0.15, -0.1) is 0 Å². The van der Waals surface area contributed by atoms with Crippen molar-refractivity contribution in [3.05, 3.63) is 0 Å². The molecule has 2 heteroatoms. The van der Waals surface area contributed by atoms with Crippen molar-refractivity contribution >= 4 is 0 Å². The Morgan fingerprint density at radius 2 is 2.00 bits per heavy atom. The van der Waals surface area contributed by atoms with Crippen molar-refractivity contribution in [1.82, 2.24) is 5.32 Å². The Morgan fingerprint density at radius 3 is 2.57 bits per heavy atom. The monoisotopic (exact) mass is 197 g/mol. The molecule has 0 radical (unpaired) electrons. The second-order valence-electron chi connectivity index (χ2n) is 5.61. The van der Waals surface area contributed by atoms with Gasteiger partial charge in [0.25, 0.3) is 0 Å². The van der Waals surface area contributed by atoms with Crippen LogP contribution < -0.4 is 5.32 Å². The van der Waals surface area contributed by atoms with Crippen molar-refractivity contribution in [3.8, 4) is 0 Å². The van der Waals surface area contributed by atoms with Gasteiger partial charge in [-0.1, -0.05) is 13.8 Å². The molecule has 0 aromatic heterocycles. The van der Waals surface area contributed by atoms with Crippen molar-refractivity contribution in [2.45, 2.75) is 51.7 Å². The van der Waals surface area contributed by atoms with E-state index in [1.807, 2.05) is 0 Å². The van der Waals surface area contributed by atoms with Crippen LogP contribution in [0.4, 0.5) is 0 Å². The van der Waals surface area contributed by atoms with E-state index in [2.05, 4.69) is 26.2 Å². The van der Waals surface area contributed by atoms with E-state index in [9.17, 15) is 0 Å². The van der Waals surface area contributed by atoms with E-state index >= 15 is 0 Å². The van der Waals surface area contributed by atoms with Crippen LogP contribution >= 0.6 is 0 Å². The minimum Gasteiger partial charge on any atom is -0.376 e. The van der Waals surface area contributed by atoms with E-state index in [1.54, 1.807) is 0 Å². The Hall–Kier alpha value is -0.0800. The quantitative estimate of drug-likeness (QED) is 0.746. The topological polar surface area (TPSA) is 21.3 Å². The molecule has 2 nitrogen and oxygen atoms in total. The summed E-state index contributed by atoms with van der Waals surface area (Å²) >= 11 is 0. The van der Waals surface area contributed by atoms with E-state index in [4.69, 9.17) is 4.74 Å². The fourth-order valence-corrected chi connectivity index (χ4v) is 2.64. The molecule has 0 amide bonds. The fourth-order valence-electron chi connectivity index (χ4n) is 2.64. The van der Waals surface area contributed by atoms with Crippen molar-refractivity contribution in [1.29, 1.82) is 0 Å². The molecule has 2 fully saturated rings. The Bertz CT molecular complexity index is 198. The van der Waals surface area contributed by atoms with Gasteiger partial charge >= 0.3 is 0 Å². The molecule has 2 saturated carbocycles. The molecule has 0 spiro atoms. The first-order valence-corrected chi connectivity index (χ1v) is 5.92. The highest BCUT2D eigenvalue weighted by Gasteiger charge is 2.42. The average Bonchev–Trinajstić information content (AvgIpc) is 2.89. The summed E-state index contributed by atoms with van der Waals surface area (Å²) in [5.74, 6) is 0.885. The summed E-state index contributed by atoms with van der Waals surface area (Å²) in [4.78, 5) is 0. The zero-order valence-electron chi connectivity index (χ0n) is 9.68. The molecule has 2 aliphatic carbocycles. The Balaban J connectivity index is 1.84. The van der Waals surface area contributed by atoms with Gasteiger partial charge < -0.3 is 10.1 Å². The van der Waals surface area contributed by atoms with Gasteiger partial charge in [-0.25, -0.2) is 0 Å². The normalized spacial score (nSPS) is 36.2. The number of hydrogen-bond donors (Lipinski definition) is 1. The van der Waals surface area contributed by atoms with Gasteiger partial charge in [-0.05, 0) is 44.1 Å². The van der Waals surface area contributed by atoms with Gasteiger partial charge in [0.2, 0.25) is 0 Å². The average molecular weight is 197 g/mol. The summed E-state index contributed by atoms with van der Waals surface area (Å²) in [6.07, 6.45) is 5.75. The zero-order chi connectivity index (χ0) is 10.2. The molecular formula is C12H23NO. The lowest BCUT2D eigenvalue weighted by Gasteiger charge is -2.30. The summed E-state index contributed by atoms with van der Waals surface area (Å²) < 4.78 is 6.00. The molecule has 0 aromatic carbocycles. The third kappa shape index (κ3) is 2.12. The van der Waals surface area contributed by atoms with Crippen molar-refractivity contribution in [2.75, 3.05) is 13.7 Å². The van der Waals surface area contributed by atoms with Gasteiger partial charge in [-0.3, -0.25) is 0 Å². The van der Waals surface area contributed by atoms with E-state index in [0.29, 0.717) is 17.6 Å². The minimum atomic E-state index is 0.406. The van der Waals surface area contributed by atoms with E-state index < -0.39 is 0 Å². The highest BCUT2D eigenvalue weighted by molar-refractivity contribution is 4.96. The first-order valence-electron chi connectivity index (χ1n) is 5.92. The van der Waals surface area contributed by atoms with Crippen LogP contribution in [-0.2, 0) is 4.74 Å². The van der Waals surface area contributed by atoms with Gasteiger partial charge in [-0.2, -0.15) is 0 Å². The Kier molecular flexibility index (Phi) is 2.85. The Morgan fingerprint density at radius 1 is 1.29 bits per heavy atom. The molecule has 14 heavy (non-hydrogen) atoms. The molecule has 0 bridgehead atoms. The van der Waals surface area contributed by atoms with Crippen LogP contribution in [0.2, 0.25) is 0 Å². The number of rotatable bonds is 4. The largest absolute Gasteiger partial charge is 0.376 e.